The zero-order chi connectivity index (χ0) is 11.2. The summed E-state index contributed by atoms with van der Waals surface area (Å²) < 4.78 is 0. The quantitative estimate of drug-likeness (QED) is 0.651. The van der Waals surface area contributed by atoms with Gasteiger partial charge >= 0.3 is 0 Å². The predicted molar refractivity (Wildman–Crippen MR) is 59.3 cm³/mol. The molecule has 0 aliphatic heterocycles. The number of hydrogen-bond acceptors (Lipinski definition) is 3. The highest BCUT2D eigenvalue weighted by atomic mass is 16.3. The second-order valence-electron chi connectivity index (χ2n) is 4.96. The largest absolute Gasteiger partial charge is 0.396 e. The van der Waals surface area contributed by atoms with E-state index >= 15 is 0 Å². The lowest BCUT2D eigenvalue weighted by Gasteiger charge is -2.34. The fourth-order valence-electron chi connectivity index (χ4n) is 1.39. The first-order chi connectivity index (χ1) is 6.43. The molecule has 2 N–H and O–H groups in total. The molecule has 0 aliphatic carbocycles. The molecule has 3 heteroatoms. The van der Waals surface area contributed by atoms with Gasteiger partial charge in [-0.15, -0.1) is 0 Å². The standard InChI is InChI=1S/C11H25NO2/c1-10(2)12(6-5-7-13)8-11(3,4)9-14/h10,13-14H,5-9H2,1-4H3. The van der Waals surface area contributed by atoms with E-state index < -0.39 is 0 Å². The van der Waals surface area contributed by atoms with Gasteiger partial charge in [0.05, 0.1) is 0 Å². The molecule has 0 aromatic carbocycles. The first-order valence-corrected chi connectivity index (χ1v) is 5.38. The van der Waals surface area contributed by atoms with Crippen LogP contribution in [0.1, 0.15) is 34.1 Å². The monoisotopic (exact) mass is 203 g/mol. The Hall–Kier alpha value is -0.120. The van der Waals surface area contributed by atoms with Crippen molar-refractivity contribution >= 4 is 0 Å². The fourth-order valence-corrected chi connectivity index (χ4v) is 1.39. The number of rotatable bonds is 7. The Morgan fingerprint density at radius 3 is 2.14 bits per heavy atom. The van der Waals surface area contributed by atoms with Gasteiger partial charge < -0.3 is 15.1 Å². The van der Waals surface area contributed by atoms with E-state index in [1.54, 1.807) is 0 Å². The van der Waals surface area contributed by atoms with Crippen LogP contribution in [-0.2, 0) is 0 Å². The van der Waals surface area contributed by atoms with Crippen molar-refractivity contribution in [3.8, 4) is 0 Å². The maximum atomic E-state index is 9.17. The van der Waals surface area contributed by atoms with Gasteiger partial charge in [-0.3, -0.25) is 0 Å². The minimum atomic E-state index is -0.0558. The van der Waals surface area contributed by atoms with Crippen molar-refractivity contribution in [1.29, 1.82) is 0 Å². The third-order valence-electron chi connectivity index (χ3n) is 2.39. The third-order valence-corrected chi connectivity index (χ3v) is 2.39. The van der Waals surface area contributed by atoms with Crippen LogP contribution < -0.4 is 0 Å². The second-order valence-corrected chi connectivity index (χ2v) is 4.96. The molecule has 0 saturated carbocycles. The topological polar surface area (TPSA) is 43.7 Å². The van der Waals surface area contributed by atoms with Crippen LogP contribution in [0.5, 0.6) is 0 Å². The number of aliphatic hydroxyl groups excluding tert-OH is 2. The van der Waals surface area contributed by atoms with Crippen LogP contribution in [0, 0.1) is 5.41 Å². The van der Waals surface area contributed by atoms with Gasteiger partial charge in [0.25, 0.3) is 0 Å². The smallest absolute Gasteiger partial charge is 0.0494 e. The van der Waals surface area contributed by atoms with Gasteiger partial charge in [-0.2, -0.15) is 0 Å². The first-order valence-electron chi connectivity index (χ1n) is 5.38. The van der Waals surface area contributed by atoms with E-state index in [1.165, 1.54) is 0 Å². The predicted octanol–water partition coefficient (Wildman–Crippen LogP) is 1.10. The molecule has 0 atom stereocenters. The first kappa shape index (κ1) is 13.9. The molecule has 0 radical (unpaired) electrons. The maximum Gasteiger partial charge on any atom is 0.0494 e. The van der Waals surface area contributed by atoms with E-state index in [-0.39, 0.29) is 18.6 Å². The summed E-state index contributed by atoms with van der Waals surface area (Å²) in [7, 11) is 0. The lowest BCUT2D eigenvalue weighted by molar-refractivity contribution is 0.0822. The summed E-state index contributed by atoms with van der Waals surface area (Å²) in [6.07, 6.45) is 0.805. The summed E-state index contributed by atoms with van der Waals surface area (Å²) in [6, 6.07) is 0.465. The van der Waals surface area contributed by atoms with Crippen molar-refractivity contribution in [2.45, 2.75) is 40.2 Å². The van der Waals surface area contributed by atoms with Crippen molar-refractivity contribution in [2.24, 2.45) is 5.41 Å². The van der Waals surface area contributed by atoms with Gasteiger partial charge in [-0.1, -0.05) is 13.8 Å². The highest BCUT2D eigenvalue weighted by Gasteiger charge is 2.22. The van der Waals surface area contributed by atoms with E-state index in [2.05, 4.69) is 32.6 Å². The lowest BCUT2D eigenvalue weighted by Crippen LogP contribution is -2.41. The fraction of sp³-hybridized carbons (Fsp3) is 1.00. The lowest BCUT2D eigenvalue weighted by atomic mass is 9.93. The van der Waals surface area contributed by atoms with Gasteiger partial charge in [0.1, 0.15) is 0 Å². The molecule has 0 amide bonds. The molecular weight excluding hydrogens is 178 g/mol. The van der Waals surface area contributed by atoms with E-state index in [9.17, 15) is 5.11 Å². The molecule has 0 heterocycles. The Bertz CT molecular complexity index is 146. The minimum Gasteiger partial charge on any atom is -0.396 e. The van der Waals surface area contributed by atoms with Crippen molar-refractivity contribution in [1.82, 2.24) is 4.90 Å². The Kier molecular flexibility index (Phi) is 6.33. The Morgan fingerprint density at radius 1 is 1.21 bits per heavy atom. The van der Waals surface area contributed by atoms with E-state index in [0.717, 1.165) is 19.5 Å². The van der Waals surface area contributed by atoms with Crippen LogP contribution in [0.2, 0.25) is 0 Å². The van der Waals surface area contributed by atoms with E-state index in [4.69, 9.17) is 5.11 Å². The van der Waals surface area contributed by atoms with E-state index in [1.807, 2.05) is 0 Å². The molecule has 0 aliphatic rings. The van der Waals surface area contributed by atoms with Crippen LogP contribution >= 0.6 is 0 Å². The van der Waals surface area contributed by atoms with Gasteiger partial charge in [-0.25, -0.2) is 0 Å². The van der Waals surface area contributed by atoms with Crippen molar-refractivity contribution < 1.29 is 10.2 Å². The molecule has 0 rings (SSSR count). The number of aliphatic hydroxyl groups is 2. The average Bonchev–Trinajstić information content (AvgIpc) is 2.12. The zero-order valence-electron chi connectivity index (χ0n) is 9.95. The van der Waals surface area contributed by atoms with Gasteiger partial charge in [-0.05, 0) is 20.3 Å². The molecule has 0 bridgehead atoms. The molecule has 0 aromatic rings. The number of hydrogen-bond donors (Lipinski definition) is 2. The summed E-state index contributed by atoms with van der Waals surface area (Å²) >= 11 is 0. The number of nitrogens with zero attached hydrogens (tertiary/aromatic N) is 1. The van der Waals surface area contributed by atoms with Crippen LogP contribution in [-0.4, -0.2) is 47.5 Å². The average molecular weight is 203 g/mol. The summed E-state index contributed by atoms with van der Waals surface area (Å²) in [6.45, 7) is 10.6. The van der Waals surface area contributed by atoms with Crippen LogP contribution in [0.4, 0.5) is 0 Å². The summed E-state index contributed by atoms with van der Waals surface area (Å²) in [5, 5.41) is 18.0. The zero-order valence-corrected chi connectivity index (χ0v) is 9.95. The van der Waals surface area contributed by atoms with Gasteiger partial charge in [0.15, 0.2) is 0 Å². The molecule has 86 valence electrons. The molecule has 0 saturated heterocycles. The van der Waals surface area contributed by atoms with Crippen molar-refractivity contribution in [2.75, 3.05) is 26.3 Å². The van der Waals surface area contributed by atoms with Crippen LogP contribution in [0.3, 0.4) is 0 Å². The minimum absolute atomic E-state index is 0.0558. The third kappa shape index (κ3) is 5.58. The maximum absolute atomic E-state index is 9.17. The summed E-state index contributed by atoms with van der Waals surface area (Å²) in [4.78, 5) is 2.30. The van der Waals surface area contributed by atoms with Gasteiger partial charge in [0.2, 0.25) is 0 Å². The molecule has 14 heavy (non-hydrogen) atoms. The Morgan fingerprint density at radius 2 is 1.79 bits per heavy atom. The Labute approximate surface area is 87.7 Å². The SMILES string of the molecule is CC(C)N(CCCO)CC(C)(C)CO. The highest BCUT2D eigenvalue weighted by molar-refractivity contribution is 4.75. The van der Waals surface area contributed by atoms with Crippen molar-refractivity contribution in [3.63, 3.8) is 0 Å². The van der Waals surface area contributed by atoms with Gasteiger partial charge in [0, 0.05) is 37.8 Å². The summed E-state index contributed by atoms with van der Waals surface area (Å²) in [5.74, 6) is 0. The normalized spacial score (nSPS) is 12.9. The second kappa shape index (κ2) is 6.38. The van der Waals surface area contributed by atoms with Crippen molar-refractivity contribution in [3.05, 3.63) is 0 Å². The molecule has 0 fully saturated rings. The Balaban J connectivity index is 4.08. The van der Waals surface area contributed by atoms with Crippen LogP contribution in [0.25, 0.3) is 0 Å². The molecular formula is C11H25NO2. The van der Waals surface area contributed by atoms with E-state index in [0.29, 0.717) is 6.04 Å². The molecule has 3 nitrogen and oxygen atoms in total. The van der Waals surface area contributed by atoms with Crippen LogP contribution in [0.15, 0.2) is 0 Å². The molecule has 0 unspecified atom stereocenters. The highest BCUT2D eigenvalue weighted by Crippen LogP contribution is 2.17. The molecule has 0 aromatic heterocycles. The summed E-state index contributed by atoms with van der Waals surface area (Å²) in [5.41, 5.74) is -0.0558. The molecule has 0 spiro atoms.